The molecule has 0 saturated heterocycles. The van der Waals surface area contributed by atoms with Crippen LogP contribution in [0.3, 0.4) is 0 Å². The van der Waals surface area contributed by atoms with Crippen molar-refractivity contribution in [1.82, 2.24) is 5.32 Å². The van der Waals surface area contributed by atoms with Crippen LogP contribution >= 0.6 is 12.2 Å². The summed E-state index contributed by atoms with van der Waals surface area (Å²) in [6, 6.07) is 9.16. The van der Waals surface area contributed by atoms with E-state index in [-0.39, 0.29) is 23.0 Å². The van der Waals surface area contributed by atoms with E-state index in [0.29, 0.717) is 22.8 Å². The van der Waals surface area contributed by atoms with Crippen LogP contribution in [0.15, 0.2) is 53.7 Å². The molecule has 1 atom stereocenters. The Kier molecular flexibility index (Phi) is 7.16. The van der Waals surface area contributed by atoms with Crippen LogP contribution in [0.4, 0.5) is 18.9 Å². The van der Waals surface area contributed by atoms with Gasteiger partial charge in [0.05, 0.1) is 38.0 Å². The number of nitrogens with zero attached hydrogens (tertiary/aromatic N) is 1. The van der Waals surface area contributed by atoms with Crippen molar-refractivity contribution < 1.29 is 32.2 Å². The summed E-state index contributed by atoms with van der Waals surface area (Å²) in [6.07, 6.45) is -4.52. The second-order valence-corrected chi connectivity index (χ2v) is 7.49. The van der Waals surface area contributed by atoms with E-state index in [1.54, 1.807) is 32.0 Å². The number of carbonyl (C=O) groups excluding carboxylic acids is 1. The summed E-state index contributed by atoms with van der Waals surface area (Å²) in [6.45, 7) is 3.42. The number of hydrogen-bond donors (Lipinski definition) is 1. The van der Waals surface area contributed by atoms with Crippen molar-refractivity contribution >= 4 is 29.0 Å². The highest BCUT2D eigenvalue weighted by Crippen LogP contribution is 2.39. The molecule has 1 unspecified atom stereocenters. The van der Waals surface area contributed by atoms with E-state index in [4.69, 9.17) is 26.4 Å². The fourth-order valence-electron chi connectivity index (χ4n) is 3.63. The summed E-state index contributed by atoms with van der Waals surface area (Å²) in [5.74, 6) is 0.342. The zero-order valence-electron chi connectivity index (χ0n) is 18.4. The largest absolute Gasteiger partial charge is 0.493 e. The summed E-state index contributed by atoms with van der Waals surface area (Å²) in [4.78, 5) is 14.4. The standard InChI is InChI=1S/C23H23F3N2O4S/c1-5-32-21(29)19-13(2)28(16-8-6-7-15(12-16)23(24,25)26)22(33)27-20(19)14-9-10-17(30-3)18(11-14)31-4/h6-12,20H,5H2,1-4H3,(H,27,33). The molecule has 1 aliphatic heterocycles. The number of methoxy groups -OCH3 is 2. The number of halogens is 3. The Balaban J connectivity index is 2.15. The number of rotatable bonds is 6. The van der Waals surface area contributed by atoms with Gasteiger partial charge in [0, 0.05) is 11.4 Å². The lowest BCUT2D eigenvalue weighted by molar-refractivity contribution is -0.139. The maximum Gasteiger partial charge on any atom is 0.416 e. The molecule has 0 saturated carbocycles. The Hall–Kier alpha value is -3.27. The summed E-state index contributed by atoms with van der Waals surface area (Å²) >= 11 is 5.51. The Bertz CT molecular complexity index is 1100. The number of allylic oxidation sites excluding steroid dienone is 1. The third kappa shape index (κ3) is 4.90. The van der Waals surface area contributed by atoms with Crippen LogP contribution in [0.25, 0.3) is 0 Å². The second kappa shape index (κ2) is 9.70. The van der Waals surface area contributed by atoms with Gasteiger partial charge in [-0.15, -0.1) is 0 Å². The van der Waals surface area contributed by atoms with Crippen molar-refractivity contribution in [1.29, 1.82) is 0 Å². The van der Waals surface area contributed by atoms with Crippen molar-refractivity contribution in [2.45, 2.75) is 26.1 Å². The molecule has 0 amide bonds. The zero-order chi connectivity index (χ0) is 24.3. The van der Waals surface area contributed by atoms with Crippen LogP contribution in [-0.2, 0) is 15.7 Å². The Morgan fingerprint density at radius 1 is 1.12 bits per heavy atom. The molecule has 1 aliphatic rings. The number of benzene rings is 2. The van der Waals surface area contributed by atoms with E-state index in [9.17, 15) is 18.0 Å². The van der Waals surface area contributed by atoms with Crippen LogP contribution in [0.2, 0.25) is 0 Å². The number of ether oxygens (including phenoxy) is 3. The monoisotopic (exact) mass is 480 g/mol. The van der Waals surface area contributed by atoms with E-state index < -0.39 is 23.8 Å². The molecular formula is C23H23F3N2O4S. The van der Waals surface area contributed by atoms with E-state index in [2.05, 4.69) is 5.32 Å². The molecule has 3 rings (SSSR count). The lowest BCUT2D eigenvalue weighted by Crippen LogP contribution is -2.48. The topological polar surface area (TPSA) is 60.0 Å². The molecule has 0 bridgehead atoms. The minimum absolute atomic E-state index is 0.127. The van der Waals surface area contributed by atoms with Gasteiger partial charge < -0.3 is 19.5 Å². The first-order valence-corrected chi connectivity index (χ1v) is 10.4. The molecule has 1 heterocycles. The molecule has 33 heavy (non-hydrogen) atoms. The highest BCUT2D eigenvalue weighted by Gasteiger charge is 2.37. The van der Waals surface area contributed by atoms with Gasteiger partial charge in [-0.2, -0.15) is 13.2 Å². The average Bonchev–Trinajstić information content (AvgIpc) is 2.78. The molecule has 0 fully saturated rings. The maximum atomic E-state index is 13.3. The van der Waals surface area contributed by atoms with Crippen LogP contribution < -0.4 is 19.7 Å². The van der Waals surface area contributed by atoms with Gasteiger partial charge in [-0.25, -0.2) is 4.79 Å². The van der Waals surface area contributed by atoms with Gasteiger partial charge >= 0.3 is 12.1 Å². The van der Waals surface area contributed by atoms with E-state index >= 15 is 0 Å². The normalized spacial score (nSPS) is 16.4. The third-order valence-corrected chi connectivity index (χ3v) is 5.45. The Morgan fingerprint density at radius 2 is 1.82 bits per heavy atom. The summed E-state index contributed by atoms with van der Waals surface area (Å²) < 4.78 is 55.7. The molecule has 2 aromatic carbocycles. The van der Waals surface area contributed by atoms with Crippen LogP contribution in [0.1, 0.15) is 31.0 Å². The van der Waals surface area contributed by atoms with Gasteiger partial charge in [0.1, 0.15) is 0 Å². The highest BCUT2D eigenvalue weighted by molar-refractivity contribution is 7.80. The second-order valence-electron chi connectivity index (χ2n) is 7.10. The fourth-order valence-corrected chi connectivity index (χ4v) is 3.99. The SMILES string of the molecule is CCOC(=O)C1=C(C)N(c2cccc(C(F)(F)F)c2)C(=S)NC1c1ccc(OC)c(OC)c1. The lowest BCUT2D eigenvalue weighted by Gasteiger charge is -2.37. The van der Waals surface area contributed by atoms with Crippen molar-refractivity contribution in [2.75, 3.05) is 25.7 Å². The highest BCUT2D eigenvalue weighted by atomic mass is 32.1. The predicted molar refractivity (Wildman–Crippen MR) is 121 cm³/mol. The predicted octanol–water partition coefficient (Wildman–Crippen LogP) is 5.00. The first kappa shape index (κ1) is 24.4. The molecule has 0 aromatic heterocycles. The first-order valence-electron chi connectivity index (χ1n) is 10.00. The minimum atomic E-state index is -4.52. The minimum Gasteiger partial charge on any atom is -0.493 e. The maximum absolute atomic E-state index is 13.3. The van der Waals surface area contributed by atoms with Crippen molar-refractivity contribution in [2.24, 2.45) is 0 Å². The molecule has 10 heteroatoms. The smallest absolute Gasteiger partial charge is 0.416 e. The fraction of sp³-hybridized carbons (Fsp3) is 0.304. The summed E-state index contributed by atoms with van der Waals surface area (Å²) in [5, 5.41) is 3.21. The first-order chi connectivity index (χ1) is 15.6. The molecule has 0 radical (unpaired) electrons. The quantitative estimate of drug-likeness (QED) is 0.462. The number of thiocarbonyl (C=S) groups is 1. The molecule has 6 nitrogen and oxygen atoms in total. The molecule has 0 spiro atoms. The number of alkyl halides is 3. The molecular weight excluding hydrogens is 457 g/mol. The van der Waals surface area contributed by atoms with Crippen LogP contribution in [0.5, 0.6) is 11.5 Å². The Morgan fingerprint density at radius 3 is 2.42 bits per heavy atom. The van der Waals surface area contributed by atoms with Gasteiger partial charge in [0.2, 0.25) is 0 Å². The lowest BCUT2D eigenvalue weighted by atomic mass is 9.94. The van der Waals surface area contributed by atoms with E-state index in [1.807, 2.05) is 0 Å². The third-order valence-electron chi connectivity index (χ3n) is 5.15. The number of carbonyl (C=O) groups is 1. The summed E-state index contributed by atoms with van der Waals surface area (Å²) in [5.41, 5.74) is 0.565. The van der Waals surface area contributed by atoms with Crippen molar-refractivity contribution in [3.05, 3.63) is 64.9 Å². The van der Waals surface area contributed by atoms with Crippen molar-refractivity contribution in [3.63, 3.8) is 0 Å². The van der Waals surface area contributed by atoms with E-state index in [0.717, 1.165) is 12.1 Å². The van der Waals surface area contributed by atoms with Crippen LogP contribution in [0, 0.1) is 0 Å². The number of nitrogens with one attached hydrogen (secondary N) is 1. The summed E-state index contributed by atoms with van der Waals surface area (Å²) in [7, 11) is 3.00. The van der Waals surface area contributed by atoms with Gasteiger partial charge in [0.25, 0.3) is 0 Å². The van der Waals surface area contributed by atoms with Gasteiger partial charge in [0.15, 0.2) is 16.6 Å². The van der Waals surface area contributed by atoms with Gasteiger partial charge in [-0.05, 0) is 62.0 Å². The zero-order valence-corrected chi connectivity index (χ0v) is 19.3. The van der Waals surface area contributed by atoms with Gasteiger partial charge in [-0.3, -0.25) is 4.90 Å². The van der Waals surface area contributed by atoms with Crippen molar-refractivity contribution in [3.8, 4) is 11.5 Å². The Labute approximate surface area is 194 Å². The molecule has 0 aliphatic carbocycles. The average molecular weight is 481 g/mol. The van der Waals surface area contributed by atoms with Gasteiger partial charge in [-0.1, -0.05) is 12.1 Å². The number of anilines is 1. The van der Waals surface area contributed by atoms with Crippen LogP contribution in [-0.4, -0.2) is 31.9 Å². The number of esters is 1. The number of hydrogen-bond acceptors (Lipinski definition) is 5. The molecule has 2 aromatic rings. The molecule has 1 N–H and O–H groups in total. The molecule has 176 valence electrons. The van der Waals surface area contributed by atoms with E-state index in [1.165, 1.54) is 31.3 Å².